The number of rotatable bonds is 6. The number of hydrogen-bond donors (Lipinski definition) is 0. The van der Waals surface area contributed by atoms with Gasteiger partial charge in [-0.15, -0.1) is 11.6 Å². The fourth-order valence-electron chi connectivity index (χ4n) is 1.80. The van der Waals surface area contributed by atoms with E-state index >= 15 is 0 Å². The molecular formula is C11H21ClO2. The van der Waals surface area contributed by atoms with E-state index in [-0.39, 0.29) is 12.4 Å². The van der Waals surface area contributed by atoms with E-state index in [1.165, 1.54) is 19.3 Å². The SMILES string of the molecule is CCCC[C@H](CC)[C@H]1OC[C@H](CCl)O1. The van der Waals surface area contributed by atoms with Gasteiger partial charge in [0.25, 0.3) is 0 Å². The van der Waals surface area contributed by atoms with Gasteiger partial charge in [-0.2, -0.15) is 0 Å². The highest BCUT2D eigenvalue weighted by Gasteiger charge is 2.30. The minimum atomic E-state index is -0.00435. The molecule has 3 atom stereocenters. The van der Waals surface area contributed by atoms with Gasteiger partial charge in [0.2, 0.25) is 0 Å². The van der Waals surface area contributed by atoms with E-state index in [0.717, 1.165) is 6.42 Å². The van der Waals surface area contributed by atoms with E-state index in [9.17, 15) is 0 Å². The third-order valence-electron chi connectivity index (χ3n) is 2.78. The molecule has 0 N–H and O–H groups in total. The molecule has 14 heavy (non-hydrogen) atoms. The molecule has 0 amide bonds. The molecular weight excluding hydrogens is 200 g/mol. The summed E-state index contributed by atoms with van der Waals surface area (Å²) in [6, 6.07) is 0. The molecule has 0 aromatic heterocycles. The molecule has 0 saturated carbocycles. The molecule has 0 aliphatic carbocycles. The molecule has 84 valence electrons. The van der Waals surface area contributed by atoms with Gasteiger partial charge in [0.1, 0.15) is 0 Å². The van der Waals surface area contributed by atoms with E-state index in [0.29, 0.717) is 18.4 Å². The van der Waals surface area contributed by atoms with E-state index in [4.69, 9.17) is 21.1 Å². The lowest BCUT2D eigenvalue weighted by Gasteiger charge is -2.20. The molecule has 1 heterocycles. The summed E-state index contributed by atoms with van der Waals surface area (Å²) in [6.07, 6.45) is 4.93. The van der Waals surface area contributed by atoms with Crippen LogP contribution in [0.1, 0.15) is 39.5 Å². The van der Waals surface area contributed by atoms with Gasteiger partial charge in [0.05, 0.1) is 18.6 Å². The molecule has 1 aliphatic rings. The third kappa shape index (κ3) is 3.41. The van der Waals surface area contributed by atoms with Gasteiger partial charge in [-0.05, 0) is 12.8 Å². The van der Waals surface area contributed by atoms with Crippen molar-refractivity contribution in [1.82, 2.24) is 0 Å². The summed E-state index contributed by atoms with van der Waals surface area (Å²) in [5.41, 5.74) is 0. The standard InChI is InChI=1S/C11H21ClO2/c1-3-5-6-9(4-2)11-13-8-10(7-12)14-11/h9-11H,3-8H2,1-2H3/t9-,10-,11-/m0/s1. The minimum absolute atomic E-state index is 0.00435. The zero-order chi connectivity index (χ0) is 10.4. The van der Waals surface area contributed by atoms with Crippen molar-refractivity contribution < 1.29 is 9.47 Å². The van der Waals surface area contributed by atoms with Gasteiger partial charge in [-0.1, -0.05) is 26.7 Å². The van der Waals surface area contributed by atoms with Gasteiger partial charge < -0.3 is 9.47 Å². The number of alkyl halides is 1. The first-order valence-corrected chi connectivity index (χ1v) is 6.18. The number of hydrogen-bond acceptors (Lipinski definition) is 2. The van der Waals surface area contributed by atoms with E-state index in [2.05, 4.69) is 13.8 Å². The first kappa shape index (κ1) is 12.3. The maximum atomic E-state index is 5.72. The van der Waals surface area contributed by atoms with Crippen molar-refractivity contribution in [2.24, 2.45) is 5.92 Å². The van der Waals surface area contributed by atoms with Crippen LogP contribution in [-0.2, 0) is 9.47 Å². The Balaban J connectivity index is 2.30. The predicted molar refractivity (Wildman–Crippen MR) is 58.6 cm³/mol. The maximum absolute atomic E-state index is 5.72. The molecule has 0 aromatic carbocycles. The quantitative estimate of drug-likeness (QED) is 0.641. The van der Waals surface area contributed by atoms with Crippen molar-refractivity contribution in [2.75, 3.05) is 12.5 Å². The molecule has 0 unspecified atom stereocenters. The first-order chi connectivity index (χ1) is 6.81. The lowest BCUT2D eigenvalue weighted by Crippen LogP contribution is -2.22. The summed E-state index contributed by atoms with van der Waals surface area (Å²) in [7, 11) is 0. The molecule has 0 aromatic rings. The predicted octanol–water partition coefficient (Wildman–Crippen LogP) is 3.18. The zero-order valence-electron chi connectivity index (χ0n) is 9.17. The summed E-state index contributed by atoms with van der Waals surface area (Å²) >= 11 is 5.72. The van der Waals surface area contributed by atoms with Crippen molar-refractivity contribution in [3.05, 3.63) is 0 Å². The summed E-state index contributed by atoms with van der Waals surface area (Å²) in [6.45, 7) is 5.07. The summed E-state index contributed by atoms with van der Waals surface area (Å²) < 4.78 is 11.3. The van der Waals surface area contributed by atoms with Gasteiger partial charge >= 0.3 is 0 Å². The van der Waals surface area contributed by atoms with Crippen LogP contribution in [0.25, 0.3) is 0 Å². The van der Waals surface area contributed by atoms with Gasteiger partial charge in [0, 0.05) is 5.92 Å². The Hall–Kier alpha value is 0.210. The van der Waals surface area contributed by atoms with Gasteiger partial charge in [0.15, 0.2) is 6.29 Å². The van der Waals surface area contributed by atoms with E-state index < -0.39 is 0 Å². The fourth-order valence-corrected chi connectivity index (χ4v) is 1.96. The Kier molecular flexibility index (Phi) is 5.83. The molecule has 0 spiro atoms. The zero-order valence-corrected chi connectivity index (χ0v) is 9.93. The normalized spacial score (nSPS) is 29.4. The van der Waals surface area contributed by atoms with E-state index in [1.54, 1.807) is 0 Å². The highest BCUT2D eigenvalue weighted by molar-refractivity contribution is 6.18. The second-order valence-electron chi connectivity index (χ2n) is 3.92. The van der Waals surface area contributed by atoms with Crippen LogP contribution >= 0.6 is 11.6 Å². The minimum Gasteiger partial charge on any atom is -0.350 e. The van der Waals surface area contributed by atoms with Crippen molar-refractivity contribution >= 4 is 11.6 Å². The van der Waals surface area contributed by atoms with Crippen LogP contribution in [-0.4, -0.2) is 24.9 Å². The fraction of sp³-hybridized carbons (Fsp3) is 1.00. The van der Waals surface area contributed by atoms with Crippen molar-refractivity contribution in [1.29, 1.82) is 0 Å². The average Bonchev–Trinajstić information content (AvgIpc) is 2.68. The topological polar surface area (TPSA) is 18.5 Å². The molecule has 0 radical (unpaired) electrons. The Morgan fingerprint density at radius 2 is 2.21 bits per heavy atom. The number of ether oxygens (including phenoxy) is 2. The van der Waals surface area contributed by atoms with Crippen LogP contribution in [0.2, 0.25) is 0 Å². The van der Waals surface area contributed by atoms with Crippen molar-refractivity contribution in [3.63, 3.8) is 0 Å². The molecule has 2 nitrogen and oxygen atoms in total. The summed E-state index contributed by atoms with van der Waals surface area (Å²) in [5.74, 6) is 1.09. The van der Waals surface area contributed by atoms with Crippen LogP contribution in [0.4, 0.5) is 0 Å². The number of unbranched alkanes of at least 4 members (excludes halogenated alkanes) is 1. The highest BCUT2D eigenvalue weighted by Crippen LogP contribution is 2.26. The Labute approximate surface area is 91.9 Å². The van der Waals surface area contributed by atoms with E-state index in [1.807, 2.05) is 0 Å². The Morgan fingerprint density at radius 1 is 1.43 bits per heavy atom. The van der Waals surface area contributed by atoms with Crippen LogP contribution < -0.4 is 0 Å². The van der Waals surface area contributed by atoms with Gasteiger partial charge in [-0.25, -0.2) is 0 Å². The average molecular weight is 221 g/mol. The van der Waals surface area contributed by atoms with Crippen LogP contribution in [0.5, 0.6) is 0 Å². The highest BCUT2D eigenvalue weighted by atomic mass is 35.5. The third-order valence-corrected chi connectivity index (χ3v) is 3.13. The summed E-state index contributed by atoms with van der Waals surface area (Å²) in [5, 5.41) is 0. The molecule has 3 heteroatoms. The second kappa shape index (κ2) is 6.65. The Morgan fingerprint density at radius 3 is 2.71 bits per heavy atom. The van der Waals surface area contributed by atoms with Crippen LogP contribution in [0.15, 0.2) is 0 Å². The monoisotopic (exact) mass is 220 g/mol. The van der Waals surface area contributed by atoms with Crippen molar-refractivity contribution in [2.45, 2.75) is 51.9 Å². The lowest BCUT2D eigenvalue weighted by atomic mass is 9.99. The van der Waals surface area contributed by atoms with Gasteiger partial charge in [-0.3, -0.25) is 0 Å². The molecule has 1 rings (SSSR count). The second-order valence-corrected chi connectivity index (χ2v) is 4.23. The molecule has 1 saturated heterocycles. The van der Waals surface area contributed by atoms with Crippen LogP contribution in [0, 0.1) is 5.92 Å². The van der Waals surface area contributed by atoms with Crippen molar-refractivity contribution in [3.8, 4) is 0 Å². The largest absolute Gasteiger partial charge is 0.350 e. The van der Waals surface area contributed by atoms with Crippen LogP contribution in [0.3, 0.4) is 0 Å². The smallest absolute Gasteiger partial charge is 0.161 e. The maximum Gasteiger partial charge on any atom is 0.161 e. The molecule has 1 fully saturated rings. The molecule has 1 aliphatic heterocycles. The number of halogens is 1. The summed E-state index contributed by atoms with van der Waals surface area (Å²) in [4.78, 5) is 0. The molecule has 0 bridgehead atoms. The Bertz CT molecular complexity index is 152. The first-order valence-electron chi connectivity index (χ1n) is 5.64. The lowest BCUT2D eigenvalue weighted by molar-refractivity contribution is -0.0969.